The quantitative estimate of drug-likeness (QED) is 0.277. The Balaban J connectivity index is 1.25. The lowest BCUT2D eigenvalue weighted by molar-refractivity contribution is 0.102. The van der Waals surface area contributed by atoms with E-state index >= 15 is 0 Å². The number of methoxy groups -OCH3 is 1. The zero-order valence-corrected chi connectivity index (χ0v) is 19.8. The van der Waals surface area contributed by atoms with E-state index in [9.17, 15) is 4.79 Å². The fourth-order valence-corrected chi connectivity index (χ4v) is 3.92. The highest BCUT2D eigenvalue weighted by atomic mass is 32.1. The van der Waals surface area contributed by atoms with Crippen LogP contribution in [0.1, 0.15) is 16.1 Å². The van der Waals surface area contributed by atoms with Crippen LogP contribution < -0.4 is 20.7 Å². The molecule has 1 amide bonds. The van der Waals surface area contributed by atoms with E-state index in [1.165, 1.54) is 0 Å². The topological polar surface area (TPSA) is 114 Å². The van der Waals surface area contributed by atoms with Crippen molar-refractivity contribution in [2.75, 3.05) is 23.1 Å². The summed E-state index contributed by atoms with van der Waals surface area (Å²) in [6.07, 6.45) is 0. The number of carbonyl (C=O) groups excluding carboxylic acids is 1. The van der Waals surface area contributed by atoms with E-state index in [4.69, 9.17) is 4.74 Å². The molecule has 2 heterocycles. The van der Waals surface area contributed by atoms with E-state index in [1.54, 1.807) is 25.3 Å². The average Bonchev–Trinajstić information content (AvgIpc) is 3.33. The van der Waals surface area contributed by atoms with Crippen LogP contribution in [0, 0.1) is 6.92 Å². The second kappa shape index (κ2) is 9.74. The van der Waals surface area contributed by atoms with Gasteiger partial charge in [-0.25, -0.2) is 4.98 Å². The number of benzene rings is 3. The SMILES string of the molecule is COc1ccc(Nc2cc(C)nc(Nc3ccc(NC(=O)c4ccc5nsnc5c4)cc3)n2)cc1. The van der Waals surface area contributed by atoms with Gasteiger partial charge < -0.3 is 20.7 Å². The lowest BCUT2D eigenvalue weighted by Gasteiger charge is -2.11. The van der Waals surface area contributed by atoms with Gasteiger partial charge in [0.25, 0.3) is 5.91 Å². The Kier molecular flexibility index (Phi) is 6.18. The first-order valence-electron chi connectivity index (χ1n) is 10.7. The predicted octanol–water partition coefficient (Wildman–Crippen LogP) is 5.54. The van der Waals surface area contributed by atoms with Gasteiger partial charge in [0.15, 0.2) is 0 Å². The van der Waals surface area contributed by atoms with Gasteiger partial charge in [-0.3, -0.25) is 4.79 Å². The molecule has 174 valence electrons. The monoisotopic (exact) mass is 483 g/mol. The van der Waals surface area contributed by atoms with Gasteiger partial charge in [-0.15, -0.1) is 0 Å². The normalized spacial score (nSPS) is 10.7. The summed E-state index contributed by atoms with van der Waals surface area (Å²) >= 11 is 1.13. The molecule has 3 aromatic carbocycles. The first-order chi connectivity index (χ1) is 17.1. The van der Waals surface area contributed by atoms with Crippen molar-refractivity contribution < 1.29 is 9.53 Å². The molecule has 0 spiro atoms. The molecule has 0 aliphatic rings. The van der Waals surface area contributed by atoms with Crippen molar-refractivity contribution in [2.24, 2.45) is 0 Å². The molecule has 0 aliphatic heterocycles. The molecule has 0 unspecified atom stereocenters. The summed E-state index contributed by atoms with van der Waals surface area (Å²) in [6.45, 7) is 1.91. The predicted molar refractivity (Wildman–Crippen MR) is 138 cm³/mol. The van der Waals surface area contributed by atoms with Crippen LogP contribution in [-0.2, 0) is 0 Å². The van der Waals surface area contributed by atoms with E-state index in [-0.39, 0.29) is 5.91 Å². The third-order valence-corrected chi connectivity index (χ3v) is 5.69. The van der Waals surface area contributed by atoms with Gasteiger partial charge in [0.1, 0.15) is 22.6 Å². The summed E-state index contributed by atoms with van der Waals surface area (Å²) in [5.41, 5.74) is 5.18. The maximum absolute atomic E-state index is 12.6. The zero-order chi connectivity index (χ0) is 24.2. The molecule has 2 aromatic heterocycles. The number of rotatable bonds is 7. The van der Waals surface area contributed by atoms with Crippen LogP contribution in [0.15, 0.2) is 72.8 Å². The van der Waals surface area contributed by atoms with Gasteiger partial charge in [0.2, 0.25) is 5.95 Å². The van der Waals surface area contributed by atoms with Gasteiger partial charge in [-0.2, -0.15) is 13.7 Å². The van der Waals surface area contributed by atoms with Crippen molar-refractivity contribution in [3.8, 4) is 5.75 Å². The average molecular weight is 484 g/mol. The molecular weight excluding hydrogens is 462 g/mol. The number of aromatic nitrogens is 4. The number of hydrogen-bond acceptors (Lipinski definition) is 9. The van der Waals surface area contributed by atoms with Gasteiger partial charge in [0.05, 0.1) is 18.8 Å². The first-order valence-corrected chi connectivity index (χ1v) is 11.5. The molecule has 35 heavy (non-hydrogen) atoms. The van der Waals surface area contributed by atoms with Crippen LogP contribution in [0.4, 0.5) is 28.8 Å². The summed E-state index contributed by atoms with van der Waals surface area (Å²) < 4.78 is 13.5. The van der Waals surface area contributed by atoms with Crippen LogP contribution in [0.5, 0.6) is 5.75 Å². The highest BCUT2D eigenvalue weighted by Crippen LogP contribution is 2.22. The van der Waals surface area contributed by atoms with Crippen molar-refractivity contribution in [1.29, 1.82) is 0 Å². The number of anilines is 5. The number of nitrogens with one attached hydrogen (secondary N) is 3. The molecule has 0 radical (unpaired) electrons. The molecule has 10 heteroatoms. The number of hydrogen-bond donors (Lipinski definition) is 3. The molecule has 0 atom stereocenters. The highest BCUT2D eigenvalue weighted by Gasteiger charge is 2.09. The van der Waals surface area contributed by atoms with Gasteiger partial charge in [0, 0.05) is 34.4 Å². The standard InChI is InChI=1S/C25H21N7O2S/c1-15-13-23(27-17-8-10-20(34-2)11-9-17)30-25(26-15)29-19-6-4-18(5-7-19)28-24(33)16-3-12-21-22(14-16)32-35-31-21/h3-14H,1-2H3,(H,28,33)(H2,26,27,29,30). The third-order valence-electron chi connectivity index (χ3n) is 5.13. The molecule has 0 saturated carbocycles. The number of carbonyl (C=O) groups is 1. The molecule has 0 saturated heterocycles. The van der Waals surface area contributed by atoms with Crippen LogP contribution in [0.25, 0.3) is 11.0 Å². The van der Waals surface area contributed by atoms with E-state index < -0.39 is 0 Å². The summed E-state index contributed by atoms with van der Waals surface area (Å²) in [6, 6.07) is 22.1. The van der Waals surface area contributed by atoms with Crippen molar-refractivity contribution >= 4 is 57.5 Å². The Labute approximate surface area is 205 Å². The number of amides is 1. The third kappa shape index (κ3) is 5.33. The number of fused-ring (bicyclic) bond motifs is 1. The second-order valence-electron chi connectivity index (χ2n) is 7.70. The van der Waals surface area contributed by atoms with E-state index in [0.29, 0.717) is 28.5 Å². The molecule has 0 aliphatic carbocycles. The van der Waals surface area contributed by atoms with Crippen molar-refractivity contribution in [1.82, 2.24) is 18.7 Å². The maximum Gasteiger partial charge on any atom is 0.255 e. The van der Waals surface area contributed by atoms with Crippen LogP contribution in [0.2, 0.25) is 0 Å². The minimum Gasteiger partial charge on any atom is -0.497 e. The summed E-state index contributed by atoms with van der Waals surface area (Å²) in [5, 5.41) is 9.38. The van der Waals surface area contributed by atoms with Crippen molar-refractivity contribution in [3.05, 3.63) is 84.1 Å². The molecule has 0 fully saturated rings. The fraction of sp³-hybridized carbons (Fsp3) is 0.0800. The number of aryl methyl sites for hydroxylation is 1. The lowest BCUT2D eigenvalue weighted by Crippen LogP contribution is -2.11. The Morgan fingerprint density at radius 1 is 0.800 bits per heavy atom. The van der Waals surface area contributed by atoms with Crippen molar-refractivity contribution in [3.63, 3.8) is 0 Å². The Morgan fingerprint density at radius 2 is 1.49 bits per heavy atom. The van der Waals surface area contributed by atoms with Gasteiger partial charge in [-0.05, 0) is 73.7 Å². The number of nitrogens with zero attached hydrogens (tertiary/aromatic N) is 4. The fourth-order valence-electron chi connectivity index (χ4n) is 3.40. The van der Waals surface area contributed by atoms with Crippen molar-refractivity contribution in [2.45, 2.75) is 6.92 Å². The summed E-state index contributed by atoms with van der Waals surface area (Å²) in [7, 11) is 1.63. The molecule has 9 nitrogen and oxygen atoms in total. The molecule has 0 bridgehead atoms. The van der Waals surface area contributed by atoms with Gasteiger partial charge >= 0.3 is 0 Å². The molecule has 5 rings (SSSR count). The molecule has 5 aromatic rings. The molecule has 3 N–H and O–H groups in total. The van der Waals surface area contributed by atoms with Crippen LogP contribution >= 0.6 is 11.7 Å². The number of ether oxygens (including phenoxy) is 1. The van der Waals surface area contributed by atoms with E-state index in [0.717, 1.165) is 40.1 Å². The summed E-state index contributed by atoms with van der Waals surface area (Å²) in [4.78, 5) is 21.6. The summed E-state index contributed by atoms with van der Waals surface area (Å²) in [5.74, 6) is 1.70. The minimum absolute atomic E-state index is 0.211. The zero-order valence-electron chi connectivity index (χ0n) is 18.9. The lowest BCUT2D eigenvalue weighted by atomic mass is 10.2. The Hall–Kier alpha value is -4.57. The van der Waals surface area contributed by atoms with E-state index in [2.05, 4.69) is 34.7 Å². The second-order valence-corrected chi connectivity index (χ2v) is 8.22. The van der Waals surface area contributed by atoms with Crippen LogP contribution in [0.3, 0.4) is 0 Å². The Morgan fingerprint density at radius 3 is 2.26 bits per heavy atom. The van der Waals surface area contributed by atoms with E-state index in [1.807, 2.05) is 61.5 Å². The van der Waals surface area contributed by atoms with Crippen LogP contribution in [-0.4, -0.2) is 31.7 Å². The minimum atomic E-state index is -0.211. The Bertz CT molecular complexity index is 1480. The highest BCUT2D eigenvalue weighted by molar-refractivity contribution is 7.00. The molecular formula is C25H21N7O2S. The largest absolute Gasteiger partial charge is 0.497 e. The first kappa shape index (κ1) is 22.2. The van der Waals surface area contributed by atoms with Gasteiger partial charge in [-0.1, -0.05) is 0 Å². The maximum atomic E-state index is 12.6. The smallest absolute Gasteiger partial charge is 0.255 e.